The minimum atomic E-state index is -4.89. The van der Waals surface area contributed by atoms with Crippen LogP contribution in [0.25, 0.3) is 0 Å². The van der Waals surface area contributed by atoms with Crippen molar-refractivity contribution in [3.8, 4) is 0 Å². The number of ether oxygens (including phenoxy) is 4. The fourth-order valence-electron chi connectivity index (χ4n) is 15.7. The van der Waals surface area contributed by atoms with Gasteiger partial charge in [-0.15, -0.1) is 0 Å². The number of allylic oxidation sites excluding steroid dienone is 1. The molecule has 1 unspecified atom stereocenters. The van der Waals surface area contributed by atoms with Crippen LogP contribution in [-0.2, 0) is 42.1 Å². The second kappa shape index (κ2) is 38.1. The SMILES string of the molecule is CCCCCCCCCCCCCCCC(=O)OC[C@@H](COP(=O)(O)OC[C@H]1O[C@H](O[C@H]2CC[C@@]3(C)C(=CC[C@H]4[C@@H]5CC[C@H]([C@H](C)CCCC(C)C)[C@@]5(C)CC[C@@H]43)C2)[C@@H](O)[C@@H](O)[C@H]1O)OC(=O)CCCCCCCCCCCCCCC. The highest BCUT2D eigenvalue weighted by Gasteiger charge is 2.59. The van der Waals surface area contributed by atoms with E-state index < -0.39 is 69.8 Å². The predicted molar refractivity (Wildman–Crippen MR) is 328 cm³/mol. The summed E-state index contributed by atoms with van der Waals surface area (Å²) in [5, 5.41) is 33.2. The number of carbonyl (C=O) groups is 2. The minimum absolute atomic E-state index is 0.0716. The number of hydrogen-bond donors (Lipinski definition) is 4. The molecule has 4 fully saturated rings. The Labute approximate surface area is 499 Å². The first kappa shape index (κ1) is 71.3. The van der Waals surface area contributed by atoms with Crippen LogP contribution in [-0.4, -0.2) is 94.9 Å². The van der Waals surface area contributed by atoms with E-state index in [1.54, 1.807) is 0 Å². The van der Waals surface area contributed by atoms with Gasteiger partial charge in [-0.2, -0.15) is 0 Å². The first-order valence-corrected chi connectivity index (χ1v) is 35.9. The molecule has 0 aromatic carbocycles. The average molecular weight is 1180 g/mol. The van der Waals surface area contributed by atoms with Crippen molar-refractivity contribution >= 4 is 19.8 Å². The molecule has 82 heavy (non-hydrogen) atoms. The molecule has 5 rings (SSSR count). The van der Waals surface area contributed by atoms with Crippen LogP contribution in [0.2, 0.25) is 0 Å². The monoisotopic (exact) mass is 1180 g/mol. The zero-order chi connectivity index (χ0) is 59.4. The van der Waals surface area contributed by atoms with Crippen LogP contribution in [0.4, 0.5) is 0 Å². The Hall–Kier alpha value is -1.41. The number of phosphoric ester groups is 1. The fourth-order valence-corrected chi connectivity index (χ4v) is 16.5. The third kappa shape index (κ3) is 23.6. The first-order valence-electron chi connectivity index (χ1n) is 34.4. The molecule has 0 bridgehead atoms. The third-order valence-corrected chi connectivity index (χ3v) is 21.7. The zero-order valence-corrected chi connectivity index (χ0v) is 54.1. The summed E-state index contributed by atoms with van der Waals surface area (Å²) in [5.41, 5.74) is 1.88. The molecule has 0 aromatic rings. The molecule has 4 N–H and O–H groups in total. The third-order valence-electron chi connectivity index (χ3n) is 20.8. The Morgan fingerprint density at radius 2 is 1.18 bits per heavy atom. The van der Waals surface area contributed by atoms with Gasteiger partial charge in [-0.05, 0) is 111 Å². The van der Waals surface area contributed by atoms with Crippen molar-refractivity contribution in [2.75, 3.05) is 19.8 Å². The van der Waals surface area contributed by atoms with E-state index in [0.29, 0.717) is 36.5 Å². The lowest BCUT2D eigenvalue weighted by Gasteiger charge is -2.58. The smallest absolute Gasteiger partial charge is 0.462 e. The van der Waals surface area contributed by atoms with E-state index in [2.05, 4.69) is 54.5 Å². The lowest BCUT2D eigenvalue weighted by molar-refractivity contribution is -0.312. The number of carbonyl (C=O) groups excluding carboxylic acids is 2. The zero-order valence-electron chi connectivity index (χ0n) is 53.2. The summed E-state index contributed by atoms with van der Waals surface area (Å²) in [6.45, 7) is 15.1. The van der Waals surface area contributed by atoms with Crippen molar-refractivity contribution in [2.45, 2.75) is 342 Å². The highest BCUT2D eigenvalue weighted by Crippen LogP contribution is 2.67. The molecule has 0 aromatic heterocycles. The van der Waals surface area contributed by atoms with Crippen LogP contribution in [0.3, 0.4) is 0 Å². The largest absolute Gasteiger partial charge is 0.472 e. The Morgan fingerprint density at radius 3 is 1.74 bits per heavy atom. The number of aliphatic hydroxyl groups is 3. The van der Waals surface area contributed by atoms with Gasteiger partial charge in [-0.25, -0.2) is 4.57 Å². The highest BCUT2D eigenvalue weighted by molar-refractivity contribution is 7.47. The lowest BCUT2D eigenvalue weighted by atomic mass is 9.47. The molecule has 13 nitrogen and oxygen atoms in total. The van der Waals surface area contributed by atoms with E-state index in [1.807, 2.05) is 0 Å². The van der Waals surface area contributed by atoms with Gasteiger partial charge in [0.05, 0.1) is 19.3 Å². The molecule has 0 spiro atoms. The number of unbranched alkanes of at least 4 members (excludes halogenated alkanes) is 24. The Bertz CT molecular complexity index is 1850. The fraction of sp³-hybridized carbons (Fsp3) is 0.941. The summed E-state index contributed by atoms with van der Waals surface area (Å²) >= 11 is 0. The van der Waals surface area contributed by atoms with Crippen LogP contribution in [0, 0.1) is 46.3 Å². The maximum atomic E-state index is 13.4. The number of hydrogen-bond acceptors (Lipinski definition) is 12. The van der Waals surface area contributed by atoms with E-state index >= 15 is 0 Å². The molecule has 15 atom stereocenters. The van der Waals surface area contributed by atoms with Crippen LogP contribution < -0.4 is 0 Å². The second-order valence-electron chi connectivity index (χ2n) is 27.6. The van der Waals surface area contributed by atoms with Crippen molar-refractivity contribution in [3.63, 3.8) is 0 Å². The van der Waals surface area contributed by atoms with Gasteiger partial charge in [0.25, 0.3) is 0 Å². The summed E-state index contributed by atoms with van der Waals surface area (Å²) < 4.78 is 47.8. The van der Waals surface area contributed by atoms with Gasteiger partial charge in [0.1, 0.15) is 31.0 Å². The number of aliphatic hydroxyl groups excluding tert-OH is 3. The molecule has 4 aliphatic carbocycles. The lowest BCUT2D eigenvalue weighted by Crippen LogP contribution is -2.60. The van der Waals surface area contributed by atoms with Gasteiger partial charge in [0.15, 0.2) is 12.4 Å². The van der Waals surface area contributed by atoms with Crippen LogP contribution in [0.1, 0.15) is 299 Å². The van der Waals surface area contributed by atoms with Crippen LogP contribution >= 0.6 is 7.82 Å². The molecule has 14 heteroatoms. The summed E-state index contributed by atoms with van der Waals surface area (Å²) in [6.07, 6.45) is 37.2. The van der Waals surface area contributed by atoms with Gasteiger partial charge in [-0.1, -0.05) is 233 Å². The summed E-state index contributed by atoms with van der Waals surface area (Å²) in [4.78, 5) is 36.9. The summed E-state index contributed by atoms with van der Waals surface area (Å²) in [5.74, 6) is 3.43. The van der Waals surface area contributed by atoms with Crippen molar-refractivity contribution in [1.82, 2.24) is 0 Å². The number of rotatable bonds is 44. The molecule has 1 heterocycles. The number of esters is 2. The van der Waals surface area contributed by atoms with E-state index in [0.717, 1.165) is 81.5 Å². The van der Waals surface area contributed by atoms with Gasteiger partial charge in [0.2, 0.25) is 0 Å². The van der Waals surface area contributed by atoms with Crippen molar-refractivity contribution < 1.29 is 62.4 Å². The maximum Gasteiger partial charge on any atom is 0.472 e. The number of phosphoric acid groups is 1. The van der Waals surface area contributed by atoms with Gasteiger partial charge in [-0.3, -0.25) is 18.6 Å². The summed E-state index contributed by atoms with van der Waals surface area (Å²) in [7, 11) is -4.89. The van der Waals surface area contributed by atoms with Crippen molar-refractivity contribution in [1.29, 1.82) is 0 Å². The molecule has 0 amide bonds. The quantitative estimate of drug-likeness (QED) is 0.0195. The average Bonchev–Trinajstić information content (AvgIpc) is 3.32. The summed E-state index contributed by atoms with van der Waals surface area (Å²) in [6, 6.07) is 0. The minimum Gasteiger partial charge on any atom is -0.462 e. The molecular weight excluding hydrogens is 1060 g/mol. The van der Waals surface area contributed by atoms with E-state index in [1.165, 1.54) is 166 Å². The van der Waals surface area contributed by atoms with Crippen LogP contribution in [0.5, 0.6) is 0 Å². The molecule has 478 valence electrons. The standard InChI is InChI=1S/C68H123O13P/c1-8-10-12-14-16-18-20-22-24-26-28-30-32-37-61(69)76-48-55(79-62(70)38-33-31-29-27-25-23-21-19-17-15-13-11-9-2)49-77-82(74,75)78-50-60-63(71)64(72)65(73)66(81-60)80-54-43-45-67(6)53(47-54)39-40-56-58-42-41-57(52(5)36-34-35-51(3)4)68(58,7)46-44-59(56)67/h39,51-52,54-60,63-66,71-73H,8-38,40-50H2,1-7H3,(H,74,75)/t52-,54+,55+,56+,57-,58+,59+,60-,63+,64+,65+,66+,67+,68-/m1/s1. The normalized spacial score (nSPS) is 30.5. The van der Waals surface area contributed by atoms with Crippen molar-refractivity contribution in [3.05, 3.63) is 11.6 Å². The molecule has 5 aliphatic rings. The maximum absolute atomic E-state index is 13.4. The number of fused-ring (bicyclic) bond motifs is 5. The Balaban J connectivity index is 1.07. The topological polar surface area (TPSA) is 188 Å². The Morgan fingerprint density at radius 1 is 0.634 bits per heavy atom. The predicted octanol–water partition coefficient (Wildman–Crippen LogP) is 16.8. The van der Waals surface area contributed by atoms with Crippen molar-refractivity contribution in [2.24, 2.45) is 46.3 Å². The van der Waals surface area contributed by atoms with Crippen LogP contribution in [0.15, 0.2) is 11.6 Å². The van der Waals surface area contributed by atoms with Gasteiger partial charge < -0.3 is 39.2 Å². The first-order chi connectivity index (χ1) is 39.4. The van der Waals surface area contributed by atoms with E-state index in [9.17, 15) is 34.4 Å². The highest BCUT2D eigenvalue weighted by atomic mass is 31.2. The van der Waals surface area contributed by atoms with E-state index in [-0.39, 0.29) is 31.0 Å². The molecule has 1 aliphatic heterocycles. The molecular formula is C68H123O13P. The Kier molecular flexibility index (Phi) is 33.1. The van der Waals surface area contributed by atoms with Gasteiger partial charge >= 0.3 is 19.8 Å². The molecule has 0 radical (unpaired) electrons. The molecule has 1 saturated heterocycles. The molecule has 3 saturated carbocycles. The van der Waals surface area contributed by atoms with Gasteiger partial charge in [0, 0.05) is 12.8 Å². The van der Waals surface area contributed by atoms with E-state index in [4.69, 9.17) is 28.0 Å². The second-order valence-corrected chi connectivity index (χ2v) is 29.1.